The lowest BCUT2D eigenvalue weighted by molar-refractivity contribution is 0.0526. The van der Waals surface area contributed by atoms with Crippen LogP contribution < -0.4 is 20.1 Å². The van der Waals surface area contributed by atoms with Gasteiger partial charge in [0.2, 0.25) is 0 Å². The lowest BCUT2D eigenvalue weighted by Gasteiger charge is -2.12. The number of hydrogen-bond donors (Lipinski definition) is 2. The summed E-state index contributed by atoms with van der Waals surface area (Å²) in [6.07, 6.45) is 0.638. The molecule has 0 aliphatic rings. The number of carbonyl (C=O) groups is 2. The molecule has 0 aliphatic carbocycles. The SMILES string of the molecule is CCOC(=O)c1cccc(NC(=O)NCCc2ccc(OCC)c(OC)c2)c1. The first-order chi connectivity index (χ1) is 13.6. The lowest BCUT2D eigenvalue weighted by atomic mass is 10.1. The second-order valence-corrected chi connectivity index (χ2v) is 5.85. The van der Waals surface area contributed by atoms with Crippen LogP contribution in [0.2, 0.25) is 0 Å². The average Bonchev–Trinajstić information content (AvgIpc) is 2.69. The number of anilines is 1. The first-order valence-corrected chi connectivity index (χ1v) is 9.19. The number of ether oxygens (including phenoxy) is 3. The zero-order valence-corrected chi connectivity index (χ0v) is 16.4. The van der Waals surface area contributed by atoms with E-state index in [1.807, 2.05) is 25.1 Å². The van der Waals surface area contributed by atoms with Gasteiger partial charge in [-0.15, -0.1) is 0 Å². The maximum absolute atomic E-state index is 12.1. The number of hydrogen-bond acceptors (Lipinski definition) is 5. The molecule has 2 aromatic rings. The molecule has 150 valence electrons. The van der Waals surface area contributed by atoms with Crippen molar-refractivity contribution in [1.82, 2.24) is 5.32 Å². The number of rotatable bonds is 9. The fourth-order valence-corrected chi connectivity index (χ4v) is 2.58. The van der Waals surface area contributed by atoms with Gasteiger partial charge in [-0.25, -0.2) is 9.59 Å². The molecule has 0 fully saturated rings. The van der Waals surface area contributed by atoms with Crippen molar-refractivity contribution < 1.29 is 23.8 Å². The van der Waals surface area contributed by atoms with Crippen molar-refractivity contribution >= 4 is 17.7 Å². The highest BCUT2D eigenvalue weighted by Crippen LogP contribution is 2.28. The van der Waals surface area contributed by atoms with Crippen LogP contribution in [0, 0.1) is 0 Å². The van der Waals surface area contributed by atoms with Crippen LogP contribution in [-0.2, 0) is 11.2 Å². The molecule has 0 aliphatic heterocycles. The Morgan fingerprint density at radius 2 is 1.82 bits per heavy atom. The number of esters is 1. The Kier molecular flexibility index (Phi) is 8.14. The molecule has 0 aromatic heterocycles. The Bertz CT molecular complexity index is 807. The molecule has 2 rings (SSSR count). The summed E-state index contributed by atoms with van der Waals surface area (Å²) in [5.41, 5.74) is 1.93. The fraction of sp³-hybridized carbons (Fsp3) is 0.333. The molecule has 2 N–H and O–H groups in total. The molecule has 0 saturated carbocycles. The van der Waals surface area contributed by atoms with E-state index < -0.39 is 5.97 Å². The molecule has 0 unspecified atom stereocenters. The molecule has 7 nitrogen and oxygen atoms in total. The fourth-order valence-electron chi connectivity index (χ4n) is 2.58. The van der Waals surface area contributed by atoms with E-state index in [1.165, 1.54) is 0 Å². The third-order valence-corrected chi connectivity index (χ3v) is 3.86. The Labute approximate surface area is 165 Å². The summed E-state index contributed by atoms with van der Waals surface area (Å²) in [7, 11) is 1.59. The quantitative estimate of drug-likeness (QED) is 0.643. The first kappa shape index (κ1) is 21.1. The Morgan fingerprint density at radius 1 is 1.00 bits per heavy atom. The maximum atomic E-state index is 12.1. The van der Waals surface area contributed by atoms with E-state index in [0.717, 1.165) is 5.56 Å². The zero-order chi connectivity index (χ0) is 20.4. The topological polar surface area (TPSA) is 85.9 Å². The van der Waals surface area contributed by atoms with E-state index in [4.69, 9.17) is 14.2 Å². The largest absolute Gasteiger partial charge is 0.493 e. The monoisotopic (exact) mass is 386 g/mol. The van der Waals surface area contributed by atoms with Crippen LogP contribution in [0.25, 0.3) is 0 Å². The lowest BCUT2D eigenvalue weighted by Crippen LogP contribution is -2.30. The van der Waals surface area contributed by atoms with Crippen LogP contribution in [0.3, 0.4) is 0 Å². The molecule has 0 atom stereocenters. The predicted octanol–water partition coefficient (Wildman–Crippen LogP) is 3.63. The van der Waals surface area contributed by atoms with Gasteiger partial charge in [0.25, 0.3) is 0 Å². The van der Waals surface area contributed by atoms with Crippen molar-refractivity contribution in [1.29, 1.82) is 0 Å². The summed E-state index contributed by atoms with van der Waals surface area (Å²) >= 11 is 0. The number of carbonyl (C=O) groups excluding carboxylic acids is 2. The van der Waals surface area contributed by atoms with Gasteiger partial charge in [-0.3, -0.25) is 0 Å². The minimum Gasteiger partial charge on any atom is -0.493 e. The van der Waals surface area contributed by atoms with Crippen LogP contribution >= 0.6 is 0 Å². The third kappa shape index (κ3) is 6.19. The van der Waals surface area contributed by atoms with Crippen LogP contribution in [-0.4, -0.2) is 38.9 Å². The van der Waals surface area contributed by atoms with Gasteiger partial charge in [0.1, 0.15) is 0 Å². The van der Waals surface area contributed by atoms with Crippen molar-refractivity contribution in [3.8, 4) is 11.5 Å². The molecule has 0 heterocycles. The highest BCUT2D eigenvalue weighted by atomic mass is 16.5. The van der Waals surface area contributed by atoms with E-state index in [0.29, 0.717) is 48.9 Å². The predicted molar refractivity (Wildman–Crippen MR) is 107 cm³/mol. The molecule has 7 heteroatoms. The van der Waals surface area contributed by atoms with Crippen LogP contribution in [0.1, 0.15) is 29.8 Å². The van der Waals surface area contributed by atoms with Crippen molar-refractivity contribution in [2.75, 3.05) is 32.2 Å². The van der Waals surface area contributed by atoms with Gasteiger partial charge in [0, 0.05) is 12.2 Å². The summed E-state index contributed by atoms with van der Waals surface area (Å²) in [5.74, 6) is 0.941. The van der Waals surface area contributed by atoms with Gasteiger partial charge in [-0.05, 0) is 56.2 Å². The molecular formula is C21H26N2O5. The Morgan fingerprint density at radius 3 is 2.54 bits per heavy atom. The van der Waals surface area contributed by atoms with Crippen LogP contribution in [0.4, 0.5) is 10.5 Å². The van der Waals surface area contributed by atoms with E-state index in [2.05, 4.69) is 10.6 Å². The van der Waals surface area contributed by atoms with Gasteiger partial charge >= 0.3 is 12.0 Å². The summed E-state index contributed by atoms with van der Waals surface area (Å²) in [4.78, 5) is 23.8. The number of urea groups is 1. The number of methoxy groups -OCH3 is 1. The molecule has 0 spiro atoms. The number of amides is 2. The molecule has 2 amide bonds. The molecular weight excluding hydrogens is 360 g/mol. The minimum absolute atomic E-state index is 0.299. The summed E-state index contributed by atoms with van der Waals surface area (Å²) in [5, 5.41) is 5.50. The first-order valence-electron chi connectivity index (χ1n) is 9.19. The summed E-state index contributed by atoms with van der Waals surface area (Å²) in [6.45, 7) is 4.97. The van der Waals surface area contributed by atoms with E-state index >= 15 is 0 Å². The Hall–Kier alpha value is -3.22. The van der Waals surface area contributed by atoms with Crippen molar-refractivity contribution in [3.63, 3.8) is 0 Å². The van der Waals surface area contributed by atoms with E-state index in [-0.39, 0.29) is 6.03 Å². The molecule has 0 radical (unpaired) electrons. The Balaban J connectivity index is 1.86. The van der Waals surface area contributed by atoms with Crippen molar-refractivity contribution in [3.05, 3.63) is 53.6 Å². The van der Waals surface area contributed by atoms with E-state index in [9.17, 15) is 9.59 Å². The maximum Gasteiger partial charge on any atom is 0.338 e. The molecule has 0 bridgehead atoms. The number of nitrogens with one attached hydrogen (secondary N) is 2. The van der Waals surface area contributed by atoms with Crippen LogP contribution in [0.15, 0.2) is 42.5 Å². The van der Waals surface area contributed by atoms with Crippen molar-refractivity contribution in [2.24, 2.45) is 0 Å². The van der Waals surface area contributed by atoms with E-state index in [1.54, 1.807) is 38.3 Å². The summed E-state index contributed by atoms with van der Waals surface area (Å²) < 4.78 is 15.8. The highest BCUT2D eigenvalue weighted by Gasteiger charge is 2.09. The van der Waals surface area contributed by atoms with Gasteiger partial charge in [0.15, 0.2) is 11.5 Å². The highest BCUT2D eigenvalue weighted by molar-refractivity contribution is 5.93. The zero-order valence-electron chi connectivity index (χ0n) is 16.4. The standard InChI is InChI=1S/C21H26N2O5/c1-4-27-18-10-9-15(13-19(18)26-3)11-12-22-21(25)23-17-8-6-7-16(14-17)20(24)28-5-2/h6-10,13-14H,4-5,11-12H2,1-3H3,(H2,22,23,25). The minimum atomic E-state index is -0.420. The molecule has 28 heavy (non-hydrogen) atoms. The number of benzene rings is 2. The average molecular weight is 386 g/mol. The van der Waals surface area contributed by atoms with Gasteiger partial charge in [-0.1, -0.05) is 12.1 Å². The third-order valence-electron chi connectivity index (χ3n) is 3.86. The summed E-state index contributed by atoms with van der Waals surface area (Å²) in [6, 6.07) is 12.0. The van der Waals surface area contributed by atoms with Gasteiger partial charge < -0.3 is 24.8 Å². The van der Waals surface area contributed by atoms with Gasteiger partial charge in [-0.2, -0.15) is 0 Å². The molecule has 0 saturated heterocycles. The van der Waals surface area contributed by atoms with Crippen molar-refractivity contribution in [2.45, 2.75) is 20.3 Å². The second kappa shape index (κ2) is 10.8. The second-order valence-electron chi connectivity index (χ2n) is 5.85. The van der Waals surface area contributed by atoms with Crippen LogP contribution in [0.5, 0.6) is 11.5 Å². The smallest absolute Gasteiger partial charge is 0.338 e. The normalized spacial score (nSPS) is 10.1. The molecule has 2 aromatic carbocycles. The van der Waals surface area contributed by atoms with Gasteiger partial charge in [0.05, 0.1) is 25.9 Å².